The summed E-state index contributed by atoms with van der Waals surface area (Å²) in [5, 5.41) is 14.8. The monoisotopic (exact) mass is 299 g/mol. The quantitative estimate of drug-likeness (QED) is 0.753. The molecule has 3 N–H and O–H groups in total. The van der Waals surface area contributed by atoms with Crippen LogP contribution < -0.4 is 10.6 Å². The summed E-state index contributed by atoms with van der Waals surface area (Å²) in [7, 11) is 0. The first-order valence-electron chi connectivity index (χ1n) is 6.51. The van der Waals surface area contributed by atoms with E-state index in [4.69, 9.17) is 5.11 Å². The first kappa shape index (κ1) is 16.4. The fourth-order valence-electron chi connectivity index (χ4n) is 1.72. The van der Waals surface area contributed by atoms with E-state index in [9.17, 15) is 9.59 Å². The van der Waals surface area contributed by atoms with Gasteiger partial charge in [0.05, 0.1) is 11.6 Å². The fraction of sp³-hybridized carbons (Fsp3) is 0.615. The van der Waals surface area contributed by atoms with Crippen molar-refractivity contribution < 1.29 is 14.7 Å². The first-order valence-corrected chi connectivity index (χ1v) is 7.33. The Balaban J connectivity index is 2.47. The van der Waals surface area contributed by atoms with Crippen LogP contribution in [0.3, 0.4) is 0 Å². The Hall–Kier alpha value is -1.63. The number of amides is 2. The summed E-state index contributed by atoms with van der Waals surface area (Å²) in [5.74, 6) is -1.19. The number of anilines is 1. The van der Waals surface area contributed by atoms with E-state index >= 15 is 0 Å². The predicted octanol–water partition coefficient (Wildman–Crippen LogP) is 2.63. The molecule has 1 atom stereocenters. The molecule has 0 bridgehead atoms. The Morgan fingerprint density at radius 2 is 2.00 bits per heavy atom. The number of nitrogens with one attached hydrogen (secondary N) is 2. The van der Waals surface area contributed by atoms with E-state index in [1.807, 2.05) is 27.7 Å². The van der Waals surface area contributed by atoms with E-state index in [2.05, 4.69) is 15.6 Å². The number of carbonyl (C=O) groups excluding carboxylic acids is 1. The highest BCUT2D eigenvalue weighted by atomic mass is 32.1. The standard InChI is InChI=1S/C13H21N3O3S/c1-7(2)5-10(11(17)18)6-14-12(19)16-13-15-8(3)9(4)20-13/h7,10H,5-6H2,1-4H3,(H,17,18)(H2,14,15,16,19). The SMILES string of the molecule is Cc1nc(NC(=O)NCC(CC(C)C)C(=O)O)sc1C. The average Bonchev–Trinajstić information content (AvgIpc) is 2.62. The molecule has 0 saturated heterocycles. The second-order valence-corrected chi connectivity index (χ2v) is 6.36. The Morgan fingerprint density at radius 1 is 1.35 bits per heavy atom. The maximum atomic E-state index is 11.7. The summed E-state index contributed by atoms with van der Waals surface area (Å²) in [6, 6.07) is -0.422. The lowest BCUT2D eigenvalue weighted by atomic mass is 9.97. The lowest BCUT2D eigenvalue weighted by molar-refractivity contribution is -0.142. The fourth-order valence-corrected chi connectivity index (χ4v) is 2.53. The van der Waals surface area contributed by atoms with Gasteiger partial charge in [0.2, 0.25) is 0 Å². The molecule has 1 rings (SSSR count). The van der Waals surface area contributed by atoms with Crippen LogP contribution >= 0.6 is 11.3 Å². The first-order chi connectivity index (χ1) is 9.29. The number of rotatable bonds is 6. The molecule has 0 spiro atoms. The van der Waals surface area contributed by atoms with Crippen LogP contribution in [0.25, 0.3) is 0 Å². The van der Waals surface area contributed by atoms with Crippen molar-refractivity contribution in [2.75, 3.05) is 11.9 Å². The Morgan fingerprint density at radius 3 is 2.45 bits per heavy atom. The molecular formula is C13H21N3O3S. The molecule has 7 heteroatoms. The highest BCUT2D eigenvalue weighted by Gasteiger charge is 2.19. The summed E-state index contributed by atoms with van der Waals surface area (Å²) in [6.07, 6.45) is 0.533. The molecule has 0 fully saturated rings. The molecule has 6 nitrogen and oxygen atoms in total. The molecule has 0 aromatic carbocycles. The van der Waals surface area contributed by atoms with Gasteiger partial charge in [0, 0.05) is 11.4 Å². The molecule has 1 aromatic heterocycles. The minimum atomic E-state index is -0.889. The number of aromatic nitrogens is 1. The van der Waals surface area contributed by atoms with E-state index < -0.39 is 17.9 Å². The van der Waals surface area contributed by atoms with E-state index in [1.54, 1.807) is 0 Å². The molecule has 20 heavy (non-hydrogen) atoms. The number of carboxylic acids is 1. The van der Waals surface area contributed by atoms with Crippen molar-refractivity contribution in [1.29, 1.82) is 0 Å². The third-order valence-corrected chi connectivity index (χ3v) is 3.85. The molecule has 1 aromatic rings. The van der Waals surface area contributed by atoms with Crippen LogP contribution in [0.1, 0.15) is 30.8 Å². The van der Waals surface area contributed by atoms with Crippen LogP contribution in [0.2, 0.25) is 0 Å². The highest BCUT2D eigenvalue weighted by Crippen LogP contribution is 2.20. The van der Waals surface area contributed by atoms with E-state index in [0.29, 0.717) is 11.6 Å². The third-order valence-electron chi connectivity index (χ3n) is 2.86. The molecule has 0 aliphatic rings. The molecule has 112 valence electrons. The largest absolute Gasteiger partial charge is 0.481 e. The van der Waals surface area contributed by atoms with Crippen molar-refractivity contribution in [3.63, 3.8) is 0 Å². The van der Waals surface area contributed by atoms with Gasteiger partial charge in [0.25, 0.3) is 0 Å². The maximum absolute atomic E-state index is 11.7. The lowest BCUT2D eigenvalue weighted by Crippen LogP contribution is -2.36. The van der Waals surface area contributed by atoms with Gasteiger partial charge in [-0.05, 0) is 26.2 Å². The average molecular weight is 299 g/mol. The van der Waals surface area contributed by atoms with Crippen LogP contribution in [0.15, 0.2) is 0 Å². The molecule has 0 aliphatic carbocycles. The second-order valence-electron chi connectivity index (χ2n) is 5.16. The number of aliphatic carboxylic acids is 1. The van der Waals surface area contributed by atoms with Crippen molar-refractivity contribution in [2.45, 2.75) is 34.1 Å². The van der Waals surface area contributed by atoms with Gasteiger partial charge >= 0.3 is 12.0 Å². The second kappa shape index (κ2) is 7.23. The number of thiazole rings is 1. The highest BCUT2D eigenvalue weighted by molar-refractivity contribution is 7.15. The molecule has 1 unspecified atom stereocenters. The van der Waals surface area contributed by atoms with Gasteiger partial charge in [-0.25, -0.2) is 9.78 Å². The van der Waals surface area contributed by atoms with E-state index in [0.717, 1.165) is 10.6 Å². The van der Waals surface area contributed by atoms with Crippen LogP contribution in [-0.4, -0.2) is 28.6 Å². The van der Waals surface area contributed by atoms with Crippen LogP contribution in [0.5, 0.6) is 0 Å². The number of carbonyl (C=O) groups is 2. The van der Waals surface area contributed by atoms with Gasteiger partial charge < -0.3 is 10.4 Å². The Bertz CT molecular complexity index is 466. The van der Waals surface area contributed by atoms with Crippen molar-refractivity contribution in [1.82, 2.24) is 10.3 Å². The minimum Gasteiger partial charge on any atom is -0.481 e. The van der Waals surface area contributed by atoms with Crippen molar-refractivity contribution in [2.24, 2.45) is 11.8 Å². The summed E-state index contributed by atoms with van der Waals surface area (Å²) in [4.78, 5) is 28.0. The van der Waals surface area contributed by atoms with Gasteiger partial charge in [-0.3, -0.25) is 10.1 Å². The van der Waals surface area contributed by atoms with Crippen LogP contribution in [0.4, 0.5) is 9.93 Å². The number of nitrogens with zero attached hydrogens (tertiary/aromatic N) is 1. The Kier molecular flexibility index (Phi) is 5.94. The number of hydrogen-bond donors (Lipinski definition) is 3. The van der Waals surface area contributed by atoms with Crippen LogP contribution in [-0.2, 0) is 4.79 Å². The number of hydrogen-bond acceptors (Lipinski definition) is 4. The van der Waals surface area contributed by atoms with Crippen molar-refractivity contribution >= 4 is 28.5 Å². The van der Waals surface area contributed by atoms with E-state index in [1.165, 1.54) is 11.3 Å². The summed E-state index contributed by atoms with van der Waals surface area (Å²) in [6.45, 7) is 7.83. The minimum absolute atomic E-state index is 0.114. The smallest absolute Gasteiger partial charge is 0.321 e. The summed E-state index contributed by atoms with van der Waals surface area (Å²) >= 11 is 1.39. The van der Waals surface area contributed by atoms with Crippen LogP contribution in [0, 0.1) is 25.7 Å². The zero-order valence-electron chi connectivity index (χ0n) is 12.2. The Labute approximate surface area is 122 Å². The predicted molar refractivity (Wildman–Crippen MR) is 79.2 cm³/mol. The van der Waals surface area contributed by atoms with E-state index in [-0.39, 0.29) is 12.5 Å². The number of urea groups is 1. The van der Waals surface area contributed by atoms with Gasteiger partial charge in [-0.2, -0.15) is 0 Å². The van der Waals surface area contributed by atoms with Gasteiger partial charge in [0.1, 0.15) is 0 Å². The molecule has 2 amide bonds. The van der Waals surface area contributed by atoms with Crippen molar-refractivity contribution in [3.8, 4) is 0 Å². The van der Waals surface area contributed by atoms with Gasteiger partial charge in [-0.1, -0.05) is 13.8 Å². The van der Waals surface area contributed by atoms with Gasteiger partial charge in [-0.15, -0.1) is 11.3 Å². The molecule has 0 aliphatic heterocycles. The normalized spacial score (nSPS) is 12.2. The summed E-state index contributed by atoms with van der Waals surface area (Å²) in [5.41, 5.74) is 0.883. The molecular weight excluding hydrogens is 278 g/mol. The molecule has 1 heterocycles. The lowest BCUT2D eigenvalue weighted by Gasteiger charge is -2.15. The van der Waals surface area contributed by atoms with Gasteiger partial charge in [0.15, 0.2) is 5.13 Å². The number of aryl methyl sites for hydroxylation is 2. The zero-order valence-corrected chi connectivity index (χ0v) is 13.0. The topological polar surface area (TPSA) is 91.3 Å². The third kappa shape index (κ3) is 5.16. The maximum Gasteiger partial charge on any atom is 0.321 e. The summed E-state index contributed by atoms with van der Waals surface area (Å²) < 4.78 is 0. The molecule has 0 saturated carbocycles. The number of carboxylic acid groups (broad SMARTS) is 1. The molecule has 0 radical (unpaired) electrons. The zero-order chi connectivity index (χ0) is 15.3. The van der Waals surface area contributed by atoms with Crippen molar-refractivity contribution in [3.05, 3.63) is 10.6 Å².